The van der Waals surface area contributed by atoms with E-state index in [1.54, 1.807) is 20.3 Å². The van der Waals surface area contributed by atoms with Gasteiger partial charge in [-0.2, -0.15) is 0 Å². The Morgan fingerprint density at radius 3 is 2.41 bits per heavy atom. The summed E-state index contributed by atoms with van der Waals surface area (Å²) in [6.07, 6.45) is 0.463. The van der Waals surface area contributed by atoms with Gasteiger partial charge in [0.05, 0.1) is 14.2 Å². The van der Waals surface area contributed by atoms with Gasteiger partial charge in [0.2, 0.25) is 11.8 Å². The zero-order chi connectivity index (χ0) is 21.0. The molecule has 0 N–H and O–H groups in total. The van der Waals surface area contributed by atoms with E-state index in [-0.39, 0.29) is 18.0 Å². The summed E-state index contributed by atoms with van der Waals surface area (Å²) in [5.74, 6) is 2.53. The highest BCUT2D eigenvalue weighted by molar-refractivity contribution is 5.94. The van der Waals surface area contributed by atoms with Crippen LogP contribution in [0.2, 0.25) is 0 Å². The molecule has 2 heterocycles. The Bertz CT molecular complexity index is 901. The average Bonchev–Trinajstić information content (AvgIpc) is 3.15. The van der Waals surface area contributed by atoms with Gasteiger partial charge in [-0.1, -0.05) is 32.0 Å². The summed E-state index contributed by atoms with van der Waals surface area (Å²) in [4.78, 5) is 9.35. The van der Waals surface area contributed by atoms with Crippen LogP contribution in [0.25, 0.3) is 0 Å². The van der Waals surface area contributed by atoms with Crippen molar-refractivity contribution in [3.8, 4) is 5.88 Å². The number of aryl methyl sites for hydroxylation is 2. The van der Waals surface area contributed by atoms with E-state index in [1.165, 1.54) is 11.1 Å². The minimum Gasteiger partial charge on any atom is -0.483 e. The predicted molar refractivity (Wildman–Crippen MR) is 112 cm³/mol. The summed E-state index contributed by atoms with van der Waals surface area (Å²) in [7, 11) is 3.22. The van der Waals surface area contributed by atoms with Gasteiger partial charge in [0.25, 0.3) is 5.88 Å². The normalized spacial score (nSPS) is 19.0. The lowest BCUT2D eigenvalue weighted by Crippen LogP contribution is -2.38. The average molecular weight is 399 g/mol. The lowest BCUT2D eigenvalue weighted by atomic mass is 10.0. The number of methoxy groups -OCH3 is 2. The SMILES string of the molecule is COC1=N[C@H](C(C)C)C(OC)=N[C@H]1Cc1cc(OCc2ccc(C)c(C)c2)no1. The monoisotopic (exact) mass is 399 g/mol. The second-order valence-corrected chi connectivity index (χ2v) is 7.59. The van der Waals surface area contributed by atoms with Gasteiger partial charge < -0.3 is 18.7 Å². The first-order chi connectivity index (χ1) is 13.9. The summed E-state index contributed by atoms with van der Waals surface area (Å²) < 4.78 is 22.1. The van der Waals surface area contributed by atoms with Crippen LogP contribution in [0.15, 0.2) is 38.8 Å². The van der Waals surface area contributed by atoms with Crippen molar-refractivity contribution in [1.29, 1.82) is 0 Å². The number of nitrogens with zero attached hydrogens (tertiary/aromatic N) is 3. The van der Waals surface area contributed by atoms with Crippen LogP contribution in [-0.4, -0.2) is 43.3 Å². The molecule has 156 valence electrons. The summed E-state index contributed by atoms with van der Waals surface area (Å²) in [6, 6.07) is 7.59. The lowest BCUT2D eigenvalue weighted by Gasteiger charge is -2.26. The number of rotatable bonds is 6. The molecule has 1 aromatic heterocycles. The largest absolute Gasteiger partial charge is 0.483 e. The first-order valence-corrected chi connectivity index (χ1v) is 9.79. The van der Waals surface area contributed by atoms with Crippen molar-refractivity contribution in [2.45, 2.75) is 52.8 Å². The third-order valence-electron chi connectivity index (χ3n) is 5.03. The summed E-state index contributed by atoms with van der Waals surface area (Å²) in [5.41, 5.74) is 3.59. The van der Waals surface area contributed by atoms with Crippen molar-refractivity contribution in [2.24, 2.45) is 15.9 Å². The van der Waals surface area contributed by atoms with Gasteiger partial charge >= 0.3 is 0 Å². The van der Waals surface area contributed by atoms with Crippen LogP contribution < -0.4 is 4.74 Å². The molecule has 0 fully saturated rings. The molecule has 0 unspecified atom stereocenters. The van der Waals surface area contributed by atoms with E-state index in [0.29, 0.717) is 36.5 Å². The minimum atomic E-state index is -0.314. The van der Waals surface area contributed by atoms with Crippen molar-refractivity contribution in [1.82, 2.24) is 5.16 Å². The Morgan fingerprint density at radius 1 is 1.00 bits per heavy atom. The van der Waals surface area contributed by atoms with Gasteiger partial charge in [-0.05, 0) is 41.6 Å². The summed E-state index contributed by atoms with van der Waals surface area (Å²) in [5, 5.41) is 4.01. The van der Waals surface area contributed by atoms with Gasteiger partial charge in [0.15, 0.2) is 0 Å². The molecule has 29 heavy (non-hydrogen) atoms. The lowest BCUT2D eigenvalue weighted by molar-refractivity contribution is 0.265. The van der Waals surface area contributed by atoms with Crippen LogP contribution in [0, 0.1) is 19.8 Å². The number of hydrogen-bond donors (Lipinski definition) is 0. The molecule has 0 aliphatic carbocycles. The fourth-order valence-electron chi connectivity index (χ4n) is 3.19. The molecule has 3 rings (SSSR count). The molecule has 1 aliphatic rings. The predicted octanol–water partition coefficient (Wildman–Crippen LogP) is 3.91. The van der Waals surface area contributed by atoms with E-state index in [9.17, 15) is 0 Å². The van der Waals surface area contributed by atoms with Crippen LogP contribution >= 0.6 is 0 Å². The highest BCUT2D eigenvalue weighted by atomic mass is 16.5. The quantitative estimate of drug-likeness (QED) is 0.736. The molecule has 0 saturated carbocycles. The van der Waals surface area contributed by atoms with Crippen LogP contribution in [-0.2, 0) is 22.5 Å². The standard InChI is InChI=1S/C22H29N3O4/c1-13(2)20-22(27-6)23-18(21(24-20)26-5)10-17-11-19(25-29-17)28-12-16-8-7-14(3)15(4)9-16/h7-9,11,13,18,20H,10,12H2,1-6H3/t18-,20+/m0/s1. The Hall–Kier alpha value is -2.83. The maximum absolute atomic E-state index is 5.77. The van der Waals surface area contributed by atoms with E-state index in [2.05, 4.69) is 61.0 Å². The molecule has 0 saturated heterocycles. The highest BCUT2D eigenvalue weighted by Gasteiger charge is 2.31. The topological polar surface area (TPSA) is 78.4 Å². The molecular formula is C22H29N3O4. The van der Waals surface area contributed by atoms with E-state index < -0.39 is 0 Å². The molecule has 1 aromatic carbocycles. The number of aliphatic imine (C=N–C) groups is 2. The van der Waals surface area contributed by atoms with Crippen molar-refractivity contribution in [2.75, 3.05) is 14.2 Å². The number of ether oxygens (including phenoxy) is 3. The van der Waals surface area contributed by atoms with Crippen molar-refractivity contribution < 1.29 is 18.7 Å². The number of hydrogen-bond acceptors (Lipinski definition) is 7. The molecule has 7 nitrogen and oxygen atoms in total. The molecule has 0 amide bonds. The molecule has 1 aliphatic heterocycles. The molecule has 2 aromatic rings. The molecule has 0 spiro atoms. The smallest absolute Gasteiger partial charge is 0.254 e. The van der Waals surface area contributed by atoms with Crippen LogP contribution in [0.5, 0.6) is 5.88 Å². The number of aromatic nitrogens is 1. The van der Waals surface area contributed by atoms with Crippen molar-refractivity contribution in [3.05, 3.63) is 46.7 Å². The van der Waals surface area contributed by atoms with Crippen molar-refractivity contribution >= 4 is 11.8 Å². The van der Waals surface area contributed by atoms with Crippen LogP contribution in [0.4, 0.5) is 0 Å². The third kappa shape index (κ3) is 4.96. The molecule has 7 heteroatoms. The maximum Gasteiger partial charge on any atom is 0.254 e. The minimum absolute atomic E-state index is 0.141. The van der Waals surface area contributed by atoms with E-state index in [4.69, 9.17) is 18.7 Å². The van der Waals surface area contributed by atoms with E-state index in [0.717, 1.165) is 5.56 Å². The molecule has 0 radical (unpaired) electrons. The Morgan fingerprint density at radius 2 is 1.76 bits per heavy atom. The summed E-state index contributed by atoms with van der Waals surface area (Å²) >= 11 is 0. The van der Waals surface area contributed by atoms with Gasteiger partial charge in [0, 0.05) is 12.5 Å². The van der Waals surface area contributed by atoms with E-state index >= 15 is 0 Å². The second kappa shape index (κ2) is 9.11. The summed E-state index contributed by atoms with van der Waals surface area (Å²) in [6.45, 7) is 8.76. The van der Waals surface area contributed by atoms with Gasteiger partial charge in [-0.15, -0.1) is 0 Å². The van der Waals surface area contributed by atoms with Crippen LogP contribution in [0.1, 0.15) is 36.3 Å². The van der Waals surface area contributed by atoms with Crippen molar-refractivity contribution in [3.63, 3.8) is 0 Å². The molecule has 2 atom stereocenters. The Balaban J connectivity index is 1.66. The highest BCUT2D eigenvalue weighted by Crippen LogP contribution is 2.22. The Labute approximate surface area is 171 Å². The molecule has 0 bridgehead atoms. The fraction of sp³-hybridized carbons (Fsp3) is 0.500. The number of benzene rings is 1. The van der Waals surface area contributed by atoms with Gasteiger partial charge in [-0.25, -0.2) is 9.98 Å². The molecular weight excluding hydrogens is 370 g/mol. The van der Waals surface area contributed by atoms with E-state index in [1.807, 2.05) is 0 Å². The third-order valence-corrected chi connectivity index (χ3v) is 5.03. The maximum atomic E-state index is 5.77. The zero-order valence-corrected chi connectivity index (χ0v) is 17.9. The van der Waals surface area contributed by atoms with Gasteiger partial charge in [-0.3, -0.25) is 0 Å². The first kappa shape index (κ1) is 20.9. The second-order valence-electron chi connectivity index (χ2n) is 7.59. The zero-order valence-electron chi connectivity index (χ0n) is 17.9. The van der Waals surface area contributed by atoms with Crippen LogP contribution in [0.3, 0.4) is 0 Å². The Kier molecular flexibility index (Phi) is 6.56. The fourth-order valence-corrected chi connectivity index (χ4v) is 3.19. The first-order valence-electron chi connectivity index (χ1n) is 9.79. The van der Waals surface area contributed by atoms with Gasteiger partial charge in [0.1, 0.15) is 24.5 Å².